The summed E-state index contributed by atoms with van der Waals surface area (Å²) in [4.78, 5) is 31.6. The quantitative estimate of drug-likeness (QED) is 0.690. The summed E-state index contributed by atoms with van der Waals surface area (Å²) in [5, 5.41) is 7.22. The van der Waals surface area contributed by atoms with Crippen LogP contribution in [0.4, 0.5) is 0 Å². The summed E-state index contributed by atoms with van der Waals surface area (Å²) >= 11 is 2.96. The van der Waals surface area contributed by atoms with E-state index < -0.39 is 0 Å². The maximum absolute atomic E-state index is 11.7. The zero-order valence-corrected chi connectivity index (χ0v) is 18.8. The molecule has 28 heavy (non-hydrogen) atoms. The van der Waals surface area contributed by atoms with Gasteiger partial charge in [-0.05, 0) is 64.5 Å². The molecule has 2 amide bonds. The van der Waals surface area contributed by atoms with Gasteiger partial charge in [-0.3, -0.25) is 9.59 Å². The van der Waals surface area contributed by atoms with Gasteiger partial charge in [0.1, 0.15) is 10.1 Å². The van der Waals surface area contributed by atoms with Crippen LogP contribution in [0.3, 0.4) is 0 Å². The summed E-state index contributed by atoms with van der Waals surface area (Å²) in [6.45, 7) is 7.75. The van der Waals surface area contributed by atoms with Crippen molar-refractivity contribution in [3.05, 3.63) is 47.8 Å². The van der Waals surface area contributed by atoms with Crippen molar-refractivity contribution in [2.24, 2.45) is 0 Å². The molecule has 2 N–H and O–H groups in total. The van der Waals surface area contributed by atoms with Gasteiger partial charge in [0.2, 0.25) is 0 Å². The zero-order valence-electron chi connectivity index (χ0n) is 17.1. The lowest BCUT2D eigenvalue weighted by molar-refractivity contribution is 0.0930. The Balaban J connectivity index is 0.000000280. The molecule has 0 aliphatic carbocycles. The molecule has 0 saturated carbocycles. The molecule has 0 radical (unpaired) electrons. The van der Waals surface area contributed by atoms with Crippen LogP contribution in [0.15, 0.2) is 46.7 Å². The maximum Gasteiger partial charge on any atom is 0.254 e. The smallest absolute Gasteiger partial charge is 0.254 e. The molecule has 0 atom stereocenters. The van der Waals surface area contributed by atoms with Crippen LogP contribution in [0.1, 0.15) is 48.4 Å². The first-order chi connectivity index (χ1) is 13.3. The van der Waals surface area contributed by atoms with Crippen LogP contribution >= 0.6 is 23.5 Å². The number of amides is 2. The highest BCUT2D eigenvalue weighted by atomic mass is 32.2. The Morgan fingerprint density at radius 3 is 1.43 bits per heavy atom. The molecule has 2 aromatic rings. The second kappa shape index (κ2) is 12.4. The molecule has 152 valence electrons. The second-order valence-electron chi connectivity index (χ2n) is 6.38. The van der Waals surface area contributed by atoms with Crippen molar-refractivity contribution in [2.75, 3.05) is 12.5 Å². The molecule has 0 unspecified atom stereocenters. The largest absolute Gasteiger partial charge is 0.350 e. The van der Waals surface area contributed by atoms with Crippen LogP contribution in [-0.4, -0.2) is 46.4 Å². The van der Waals surface area contributed by atoms with Crippen molar-refractivity contribution in [3.63, 3.8) is 0 Å². The lowest BCUT2D eigenvalue weighted by atomic mass is 10.2. The third-order valence-electron chi connectivity index (χ3n) is 3.26. The Morgan fingerprint density at radius 2 is 1.14 bits per heavy atom. The van der Waals surface area contributed by atoms with E-state index in [1.165, 1.54) is 23.5 Å². The van der Waals surface area contributed by atoms with Gasteiger partial charge in [-0.2, -0.15) is 0 Å². The Kier molecular flexibility index (Phi) is 10.6. The third kappa shape index (κ3) is 7.90. The SMILES string of the molecule is CSc1ncccc1C(=O)NC(C)C.CSc1ncccc1C(=O)NC(C)C. The maximum atomic E-state index is 11.7. The zero-order chi connectivity index (χ0) is 21.1. The number of rotatable bonds is 6. The molecule has 2 heterocycles. The van der Waals surface area contributed by atoms with E-state index in [0.29, 0.717) is 11.1 Å². The number of aromatic nitrogens is 2. The molecule has 0 spiro atoms. The van der Waals surface area contributed by atoms with Gasteiger partial charge in [0.15, 0.2) is 0 Å². The summed E-state index contributed by atoms with van der Waals surface area (Å²) in [6, 6.07) is 7.42. The fourth-order valence-electron chi connectivity index (χ4n) is 2.13. The summed E-state index contributed by atoms with van der Waals surface area (Å²) in [5.41, 5.74) is 1.29. The molecule has 2 rings (SSSR count). The number of thioether (sulfide) groups is 2. The average molecular weight is 421 g/mol. The first-order valence-electron chi connectivity index (χ1n) is 8.89. The van der Waals surface area contributed by atoms with E-state index >= 15 is 0 Å². The standard InChI is InChI=1S/2C10H14N2OS/c2*1-7(2)12-9(13)8-5-4-6-11-10(8)14-3/h2*4-7H,1-3H3,(H,12,13). The minimum absolute atomic E-state index is 0.0579. The molecule has 8 heteroatoms. The first-order valence-corrected chi connectivity index (χ1v) is 11.3. The summed E-state index contributed by atoms with van der Waals surface area (Å²) in [7, 11) is 0. The van der Waals surface area contributed by atoms with Crippen LogP contribution < -0.4 is 10.6 Å². The van der Waals surface area contributed by atoms with Crippen LogP contribution in [0.5, 0.6) is 0 Å². The van der Waals surface area contributed by atoms with Crippen LogP contribution in [0, 0.1) is 0 Å². The van der Waals surface area contributed by atoms with Gasteiger partial charge in [-0.1, -0.05) is 0 Å². The van der Waals surface area contributed by atoms with Gasteiger partial charge in [-0.25, -0.2) is 9.97 Å². The normalized spacial score (nSPS) is 10.3. The van der Waals surface area contributed by atoms with Gasteiger partial charge in [0.25, 0.3) is 11.8 Å². The molecule has 0 aliphatic rings. The molecule has 2 aromatic heterocycles. The van der Waals surface area contributed by atoms with E-state index in [2.05, 4.69) is 20.6 Å². The third-order valence-corrected chi connectivity index (χ3v) is 4.68. The van der Waals surface area contributed by atoms with Crippen molar-refractivity contribution in [2.45, 2.75) is 49.8 Å². The predicted molar refractivity (Wildman–Crippen MR) is 117 cm³/mol. The van der Waals surface area contributed by atoms with Crippen LogP contribution in [-0.2, 0) is 0 Å². The fourth-order valence-corrected chi connectivity index (χ4v) is 3.23. The van der Waals surface area contributed by atoms with E-state index in [1.54, 1.807) is 36.7 Å². The second-order valence-corrected chi connectivity index (χ2v) is 7.97. The van der Waals surface area contributed by atoms with Crippen molar-refractivity contribution in [1.29, 1.82) is 0 Å². The molecular formula is C20H28N4O2S2. The van der Waals surface area contributed by atoms with E-state index in [-0.39, 0.29) is 23.9 Å². The van der Waals surface area contributed by atoms with Crippen molar-refractivity contribution in [1.82, 2.24) is 20.6 Å². The van der Waals surface area contributed by atoms with Gasteiger partial charge in [-0.15, -0.1) is 23.5 Å². The number of carbonyl (C=O) groups is 2. The van der Waals surface area contributed by atoms with Gasteiger partial charge in [0.05, 0.1) is 11.1 Å². The lowest BCUT2D eigenvalue weighted by Crippen LogP contribution is -2.30. The Hall–Kier alpha value is -2.06. The van der Waals surface area contributed by atoms with Crippen molar-refractivity contribution >= 4 is 35.3 Å². The van der Waals surface area contributed by atoms with Gasteiger partial charge in [0, 0.05) is 24.5 Å². The molecule has 0 saturated heterocycles. The highest BCUT2D eigenvalue weighted by molar-refractivity contribution is 7.98. The number of hydrogen-bond donors (Lipinski definition) is 2. The molecule has 6 nitrogen and oxygen atoms in total. The van der Waals surface area contributed by atoms with Crippen molar-refractivity contribution in [3.8, 4) is 0 Å². The van der Waals surface area contributed by atoms with Gasteiger partial charge >= 0.3 is 0 Å². The van der Waals surface area contributed by atoms with E-state index in [0.717, 1.165) is 10.1 Å². The summed E-state index contributed by atoms with van der Waals surface area (Å²) < 4.78 is 0. The predicted octanol–water partition coefficient (Wildman–Crippen LogP) is 3.88. The van der Waals surface area contributed by atoms with Crippen LogP contribution in [0.2, 0.25) is 0 Å². The number of nitrogens with zero attached hydrogens (tertiary/aromatic N) is 2. The summed E-state index contributed by atoms with van der Waals surface area (Å²) in [5.74, 6) is -0.116. The number of pyridine rings is 2. The highest BCUT2D eigenvalue weighted by Crippen LogP contribution is 2.17. The minimum Gasteiger partial charge on any atom is -0.350 e. The van der Waals surface area contributed by atoms with Crippen molar-refractivity contribution < 1.29 is 9.59 Å². The van der Waals surface area contributed by atoms with E-state index in [4.69, 9.17) is 0 Å². The topological polar surface area (TPSA) is 84.0 Å². The Bertz CT molecular complexity index is 717. The Morgan fingerprint density at radius 1 is 0.786 bits per heavy atom. The van der Waals surface area contributed by atoms with E-state index in [1.807, 2.05) is 40.2 Å². The molecule has 0 bridgehead atoms. The van der Waals surface area contributed by atoms with E-state index in [9.17, 15) is 9.59 Å². The molecule has 0 aliphatic heterocycles. The molecule has 0 aromatic carbocycles. The number of nitrogens with one attached hydrogen (secondary N) is 2. The van der Waals surface area contributed by atoms with Crippen LogP contribution in [0.25, 0.3) is 0 Å². The lowest BCUT2D eigenvalue weighted by Gasteiger charge is -2.09. The number of carbonyl (C=O) groups excluding carboxylic acids is 2. The Labute approximate surface area is 175 Å². The van der Waals surface area contributed by atoms with Gasteiger partial charge < -0.3 is 10.6 Å². The monoisotopic (exact) mass is 420 g/mol. The number of hydrogen-bond acceptors (Lipinski definition) is 6. The summed E-state index contributed by atoms with van der Waals surface area (Å²) in [6.07, 6.45) is 7.21. The average Bonchev–Trinajstić information content (AvgIpc) is 2.67. The highest BCUT2D eigenvalue weighted by Gasteiger charge is 2.12. The first kappa shape index (κ1) is 24.0. The fraction of sp³-hybridized carbons (Fsp3) is 0.400. The molecular weight excluding hydrogens is 392 g/mol. The minimum atomic E-state index is -0.0579. The molecule has 0 fully saturated rings.